The average molecular weight is 272 g/mol. The third-order valence-electron chi connectivity index (χ3n) is 2.26. The molecule has 0 spiro atoms. The number of carbonyl (C=O) groups is 1. The van der Waals surface area contributed by atoms with Gasteiger partial charge in [-0.25, -0.2) is 4.79 Å². The van der Waals surface area contributed by atoms with Crippen molar-refractivity contribution in [2.75, 3.05) is 6.54 Å². The molecule has 0 heterocycles. The molecule has 18 heavy (non-hydrogen) atoms. The van der Waals surface area contributed by atoms with E-state index in [1.807, 2.05) is 0 Å². The zero-order chi connectivity index (χ0) is 13.7. The third-order valence-corrected chi connectivity index (χ3v) is 2.60. The Morgan fingerprint density at radius 3 is 2.72 bits per heavy atom. The summed E-state index contributed by atoms with van der Waals surface area (Å²) >= 11 is 5.81. The number of benzene rings is 1. The summed E-state index contributed by atoms with van der Waals surface area (Å²) in [4.78, 5) is 13.2. The molecule has 0 saturated heterocycles. The largest absolute Gasteiger partial charge is 0.478 e. The number of nitrogens with zero attached hydrogens (tertiary/aromatic N) is 3. The number of hydrogen-bond donors (Lipinski definition) is 3. The molecule has 2 unspecified atom stereocenters. The average Bonchev–Trinajstić information content (AvgIpc) is 2.35. The van der Waals surface area contributed by atoms with Crippen LogP contribution in [0.3, 0.4) is 0 Å². The van der Waals surface area contributed by atoms with Gasteiger partial charge in [-0.3, -0.25) is 0 Å². The number of halogens is 1. The molecular formula is C10H10ClN3O4. The molecular weight excluding hydrogens is 262 g/mol. The fraction of sp³-hybridized carbons (Fsp3) is 0.300. The molecule has 0 fully saturated rings. The fourth-order valence-electron chi connectivity index (χ4n) is 1.33. The zero-order valence-corrected chi connectivity index (χ0v) is 9.82. The maximum absolute atomic E-state index is 10.8. The Bertz CT molecular complexity index is 502. The topological polar surface area (TPSA) is 127 Å². The molecule has 0 radical (unpaired) electrons. The summed E-state index contributed by atoms with van der Waals surface area (Å²) < 4.78 is 0. The number of carboxylic acid groups (broad SMARTS) is 1. The molecule has 1 aromatic rings. The minimum atomic E-state index is -1.43. The highest BCUT2D eigenvalue weighted by atomic mass is 35.5. The standard InChI is InChI=1S/C10H10ClN3O4/c11-7-2-1-5(10(17)18)3-6(7)9(16)8(15)4-13-14-12/h1-3,8-9,15-16H,4H2,(H,17,18). The number of aliphatic hydroxyl groups excluding tert-OH is 2. The van der Waals surface area contributed by atoms with Crippen LogP contribution in [0.5, 0.6) is 0 Å². The molecule has 3 N–H and O–H groups in total. The van der Waals surface area contributed by atoms with Crippen LogP contribution in [0.15, 0.2) is 23.3 Å². The van der Waals surface area contributed by atoms with Crippen molar-refractivity contribution in [2.24, 2.45) is 5.11 Å². The number of carboxylic acids is 1. The predicted octanol–water partition coefficient (Wildman–Crippen LogP) is 1.74. The Morgan fingerprint density at radius 2 is 2.17 bits per heavy atom. The van der Waals surface area contributed by atoms with Crippen molar-refractivity contribution in [2.45, 2.75) is 12.2 Å². The number of rotatable bonds is 5. The molecule has 1 rings (SSSR count). The Balaban J connectivity index is 3.03. The Morgan fingerprint density at radius 1 is 1.50 bits per heavy atom. The van der Waals surface area contributed by atoms with E-state index in [0.717, 1.165) is 6.07 Å². The number of aliphatic hydroxyl groups is 2. The molecule has 8 heteroatoms. The van der Waals surface area contributed by atoms with Crippen molar-refractivity contribution in [3.63, 3.8) is 0 Å². The molecule has 0 saturated carbocycles. The smallest absolute Gasteiger partial charge is 0.335 e. The summed E-state index contributed by atoms with van der Waals surface area (Å²) in [5.74, 6) is -1.18. The van der Waals surface area contributed by atoms with Gasteiger partial charge < -0.3 is 15.3 Å². The number of azide groups is 1. The highest BCUT2D eigenvalue weighted by Crippen LogP contribution is 2.26. The number of aromatic carboxylic acids is 1. The summed E-state index contributed by atoms with van der Waals surface area (Å²) in [7, 11) is 0. The molecule has 2 atom stereocenters. The van der Waals surface area contributed by atoms with Gasteiger partial charge in [0.05, 0.1) is 18.2 Å². The lowest BCUT2D eigenvalue weighted by atomic mass is 10.0. The van der Waals surface area contributed by atoms with Crippen LogP contribution in [-0.2, 0) is 0 Å². The van der Waals surface area contributed by atoms with Crippen molar-refractivity contribution in [1.82, 2.24) is 0 Å². The quantitative estimate of drug-likeness (QED) is 0.428. The van der Waals surface area contributed by atoms with Gasteiger partial charge in [-0.2, -0.15) is 0 Å². The van der Waals surface area contributed by atoms with E-state index in [1.165, 1.54) is 12.1 Å². The van der Waals surface area contributed by atoms with Crippen LogP contribution in [0.1, 0.15) is 22.0 Å². The zero-order valence-electron chi connectivity index (χ0n) is 9.06. The van der Waals surface area contributed by atoms with Crippen LogP contribution in [0, 0.1) is 0 Å². The second kappa shape index (κ2) is 6.23. The molecule has 0 aliphatic rings. The molecule has 0 bridgehead atoms. The van der Waals surface area contributed by atoms with E-state index in [0.29, 0.717) is 0 Å². The van der Waals surface area contributed by atoms with Crippen molar-refractivity contribution in [3.05, 3.63) is 44.8 Å². The molecule has 0 amide bonds. The first-order chi connectivity index (χ1) is 8.47. The van der Waals surface area contributed by atoms with E-state index >= 15 is 0 Å². The maximum atomic E-state index is 10.8. The lowest BCUT2D eigenvalue weighted by Gasteiger charge is -2.17. The van der Waals surface area contributed by atoms with E-state index in [4.69, 9.17) is 22.2 Å². The highest BCUT2D eigenvalue weighted by Gasteiger charge is 2.21. The van der Waals surface area contributed by atoms with Crippen molar-refractivity contribution in [3.8, 4) is 0 Å². The third kappa shape index (κ3) is 3.35. The first-order valence-corrected chi connectivity index (χ1v) is 5.25. The van der Waals surface area contributed by atoms with Crippen LogP contribution in [0.25, 0.3) is 10.4 Å². The highest BCUT2D eigenvalue weighted by molar-refractivity contribution is 6.31. The van der Waals surface area contributed by atoms with Crippen molar-refractivity contribution < 1.29 is 20.1 Å². The van der Waals surface area contributed by atoms with Gasteiger partial charge in [0.2, 0.25) is 0 Å². The van der Waals surface area contributed by atoms with Gasteiger partial charge in [-0.15, -0.1) is 0 Å². The number of hydrogen-bond acceptors (Lipinski definition) is 4. The van der Waals surface area contributed by atoms with Crippen LogP contribution in [0.4, 0.5) is 0 Å². The second-order valence-electron chi connectivity index (χ2n) is 3.47. The van der Waals surface area contributed by atoms with Gasteiger partial charge in [0.1, 0.15) is 6.10 Å². The molecule has 0 aliphatic heterocycles. The lowest BCUT2D eigenvalue weighted by Crippen LogP contribution is -2.21. The fourth-order valence-corrected chi connectivity index (χ4v) is 1.56. The van der Waals surface area contributed by atoms with E-state index in [2.05, 4.69) is 10.0 Å². The monoisotopic (exact) mass is 271 g/mol. The van der Waals surface area contributed by atoms with Gasteiger partial charge in [0.15, 0.2) is 0 Å². The van der Waals surface area contributed by atoms with E-state index < -0.39 is 18.2 Å². The predicted molar refractivity (Wildman–Crippen MR) is 63.4 cm³/mol. The van der Waals surface area contributed by atoms with E-state index in [-0.39, 0.29) is 22.7 Å². The van der Waals surface area contributed by atoms with Gasteiger partial charge in [0.25, 0.3) is 0 Å². The molecule has 0 aromatic heterocycles. The van der Waals surface area contributed by atoms with Gasteiger partial charge >= 0.3 is 5.97 Å². The minimum Gasteiger partial charge on any atom is -0.478 e. The Labute approximate surface area is 107 Å². The van der Waals surface area contributed by atoms with Crippen LogP contribution < -0.4 is 0 Å². The Kier molecular flexibility index (Phi) is 4.94. The summed E-state index contributed by atoms with van der Waals surface area (Å²) in [5.41, 5.74) is 8.10. The second-order valence-corrected chi connectivity index (χ2v) is 3.87. The summed E-state index contributed by atoms with van der Waals surface area (Å²) in [5, 5.41) is 31.4. The summed E-state index contributed by atoms with van der Waals surface area (Å²) in [6.07, 6.45) is -2.79. The molecule has 0 aliphatic carbocycles. The Hall–Kier alpha value is -1.79. The van der Waals surface area contributed by atoms with Crippen LogP contribution in [0.2, 0.25) is 5.02 Å². The first-order valence-electron chi connectivity index (χ1n) is 4.87. The van der Waals surface area contributed by atoms with E-state index in [9.17, 15) is 15.0 Å². The molecule has 96 valence electrons. The normalized spacial score (nSPS) is 13.5. The van der Waals surface area contributed by atoms with Crippen LogP contribution >= 0.6 is 11.6 Å². The van der Waals surface area contributed by atoms with E-state index in [1.54, 1.807) is 0 Å². The maximum Gasteiger partial charge on any atom is 0.335 e. The SMILES string of the molecule is [N-]=[N+]=NCC(O)C(O)c1cc(C(=O)O)ccc1Cl. The summed E-state index contributed by atoms with van der Waals surface area (Å²) in [6.45, 7) is -0.342. The van der Waals surface area contributed by atoms with Crippen molar-refractivity contribution >= 4 is 17.6 Å². The lowest BCUT2D eigenvalue weighted by molar-refractivity contribution is 0.0244. The minimum absolute atomic E-state index is 0.0653. The molecule has 7 nitrogen and oxygen atoms in total. The summed E-state index contributed by atoms with van der Waals surface area (Å²) in [6, 6.07) is 3.75. The molecule has 1 aromatic carbocycles. The van der Waals surface area contributed by atoms with Crippen LogP contribution in [-0.4, -0.2) is 33.9 Å². The first kappa shape index (κ1) is 14.3. The van der Waals surface area contributed by atoms with Gasteiger partial charge in [-0.05, 0) is 23.7 Å². The van der Waals surface area contributed by atoms with Gasteiger partial charge in [-0.1, -0.05) is 16.7 Å². The van der Waals surface area contributed by atoms with Gasteiger partial charge in [0, 0.05) is 15.5 Å². The van der Waals surface area contributed by atoms with Crippen molar-refractivity contribution in [1.29, 1.82) is 0 Å².